The van der Waals surface area contributed by atoms with Crippen LogP contribution in [0.4, 0.5) is 22.8 Å². The van der Waals surface area contributed by atoms with Crippen LogP contribution in [0.25, 0.3) is 0 Å². The van der Waals surface area contributed by atoms with Crippen LogP contribution in [-0.4, -0.2) is 99.3 Å². The molecule has 4 aliphatic rings. The molecule has 0 unspecified atom stereocenters. The summed E-state index contributed by atoms with van der Waals surface area (Å²) in [7, 11) is 2.73. The van der Waals surface area contributed by atoms with Crippen molar-refractivity contribution in [2.75, 3.05) is 32.2 Å². The highest BCUT2D eigenvalue weighted by molar-refractivity contribution is 8.22. The number of carbonyl (C=O) groups is 5. The number of hydrogen-bond donors (Lipinski definition) is 0. The van der Waals surface area contributed by atoms with Crippen LogP contribution in [0.15, 0.2) is 34.1 Å². The van der Waals surface area contributed by atoms with Crippen LogP contribution in [0, 0.1) is 5.41 Å². The molecule has 1 aromatic carbocycles. The first-order valence-corrected chi connectivity index (χ1v) is 17.2. The molecular weight excluding hydrogens is 645 g/mol. The SMILES string of the molecule is CCSC(SCC)=C1C(=O)N(Cc2ccc(OC)cc2)C(=O)N(C2CCC3(CC2)CC2(C3)C(=O)N(C)C(=O)N2CC(F)(F)F)C1=O. The minimum Gasteiger partial charge on any atom is -0.497 e. The number of likely N-dealkylation sites (N-methyl/N-ethyl adjacent to an activating group) is 1. The quantitative estimate of drug-likeness (QED) is 0.188. The summed E-state index contributed by atoms with van der Waals surface area (Å²) in [6, 6.07) is 4.73. The van der Waals surface area contributed by atoms with Crippen molar-refractivity contribution in [3.63, 3.8) is 0 Å². The summed E-state index contributed by atoms with van der Waals surface area (Å²) in [6.07, 6.45) is -2.84. The maximum atomic E-state index is 14.0. The summed E-state index contributed by atoms with van der Waals surface area (Å²) in [5.74, 6) is -0.0661. The number of amides is 7. The van der Waals surface area contributed by atoms with Gasteiger partial charge in [0.1, 0.15) is 23.4 Å². The number of alkyl halides is 3. The highest BCUT2D eigenvalue weighted by Gasteiger charge is 2.69. The number of carbonyl (C=O) groups excluding carboxylic acids is 5. The Labute approximate surface area is 274 Å². The molecule has 2 saturated carbocycles. The third-order valence-corrected chi connectivity index (χ3v) is 11.6. The molecule has 7 amide bonds. The van der Waals surface area contributed by atoms with Crippen LogP contribution in [0.2, 0.25) is 0 Å². The average Bonchev–Trinajstić information content (AvgIpc) is 3.16. The van der Waals surface area contributed by atoms with Crippen molar-refractivity contribution in [3.8, 4) is 5.75 Å². The molecule has 0 atom stereocenters. The molecule has 2 heterocycles. The smallest absolute Gasteiger partial charge is 0.406 e. The number of thioether (sulfide) groups is 2. The van der Waals surface area contributed by atoms with E-state index < -0.39 is 59.5 Å². The molecule has 2 aliphatic heterocycles. The van der Waals surface area contributed by atoms with Gasteiger partial charge in [0.2, 0.25) is 0 Å². The molecule has 1 aromatic rings. The van der Waals surface area contributed by atoms with E-state index in [0.717, 1.165) is 9.80 Å². The van der Waals surface area contributed by atoms with Crippen LogP contribution in [0.3, 0.4) is 0 Å². The van der Waals surface area contributed by atoms with Gasteiger partial charge in [-0.3, -0.25) is 29.1 Å². The summed E-state index contributed by atoms with van der Waals surface area (Å²) in [4.78, 5) is 71.1. The van der Waals surface area contributed by atoms with E-state index in [0.29, 0.717) is 57.6 Å². The Morgan fingerprint density at radius 1 is 0.935 bits per heavy atom. The Morgan fingerprint density at radius 3 is 2.04 bits per heavy atom. The summed E-state index contributed by atoms with van der Waals surface area (Å²) in [5.41, 5.74) is -1.39. The lowest BCUT2D eigenvalue weighted by molar-refractivity contribution is -0.173. The number of halogens is 3. The van der Waals surface area contributed by atoms with E-state index in [1.165, 1.54) is 42.6 Å². The maximum absolute atomic E-state index is 14.0. The van der Waals surface area contributed by atoms with Gasteiger partial charge in [0, 0.05) is 13.1 Å². The molecule has 10 nitrogen and oxygen atoms in total. The van der Waals surface area contributed by atoms with Gasteiger partial charge in [0.05, 0.1) is 17.9 Å². The number of urea groups is 2. The molecule has 46 heavy (non-hydrogen) atoms. The lowest BCUT2D eigenvalue weighted by Gasteiger charge is -2.59. The Kier molecular flexibility index (Phi) is 9.48. The zero-order valence-corrected chi connectivity index (χ0v) is 27.8. The fourth-order valence-electron chi connectivity index (χ4n) is 7.28. The number of hydrogen-bond acceptors (Lipinski definition) is 8. The zero-order chi connectivity index (χ0) is 33.6. The molecule has 0 radical (unpaired) electrons. The van der Waals surface area contributed by atoms with E-state index in [-0.39, 0.29) is 25.0 Å². The monoisotopic (exact) mass is 682 g/mol. The number of ether oxygens (including phenoxy) is 1. The topological polar surface area (TPSA) is 108 Å². The van der Waals surface area contributed by atoms with Gasteiger partial charge >= 0.3 is 18.2 Å². The van der Waals surface area contributed by atoms with Crippen molar-refractivity contribution in [2.24, 2.45) is 5.41 Å². The second-order valence-electron chi connectivity index (χ2n) is 12.2. The lowest BCUT2D eigenvalue weighted by Crippen LogP contribution is -2.66. The zero-order valence-electron chi connectivity index (χ0n) is 26.1. The van der Waals surface area contributed by atoms with Crippen molar-refractivity contribution in [3.05, 3.63) is 39.6 Å². The molecular formula is C31H37F3N4O6S2. The van der Waals surface area contributed by atoms with Crippen LogP contribution in [0.1, 0.15) is 57.9 Å². The van der Waals surface area contributed by atoms with E-state index in [4.69, 9.17) is 4.74 Å². The lowest BCUT2D eigenvalue weighted by atomic mass is 9.51. The Morgan fingerprint density at radius 2 is 1.52 bits per heavy atom. The standard InChI is InChI=1S/C31H37F3N4O6S2/c1-5-45-25(46-6-2)22-23(39)36(15-19-7-9-21(44-4)10-8-19)28(43)38(24(22)40)20-11-13-29(14-12-20)16-30(17-29)26(41)35(3)27(42)37(30)18-31(32,33)34/h7-10,20H,5-6,11-18H2,1-4H3. The first kappa shape index (κ1) is 34.1. The van der Waals surface area contributed by atoms with E-state index >= 15 is 0 Å². The van der Waals surface area contributed by atoms with Gasteiger partial charge in [0.15, 0.2) is 0 Å². The van der Waals surface area contributed by atoms with E-state index in [1.54, 1.807) is 24.3 Å². The summed E-state index contributed by atoms with van der Waals surface area (Å²) in [5, 5.41) is 0. The van der Waals surface area contributed by atoms with Gasteiger partial charge in [-0.15, -0.1) is 23.5 Å². The van der Waals surface area contributed by atoms with Gasteiger partial charge in [-0.2, -0.15) is 13.2 Å². The minimum atomic E-state index is -4.66. The Hall–Kier alpha value is -3.20. The molecule has 5 rings (SSSR count). The highest BCUT2D eigenvalue weighted by Crippen LogP contribution is 2.61. The van der Waals surface area contributed by atoms with E-state index in [1.807, 2.05) is 13.8 Å². The fourth-order valence-corrected chi connectivity index (χ4v) is 9.49. The number of methoxy groups -OCH3 is 1. The van der Waals surface area contributed by atoms with Crippen LogP contribution in [-0.2, 0) is 20.9 Å². The molecule has 0 aromatic heterocycles. The van der Waals surface area contributed by atoms with Crippen molar-refractivity contribution < 1.29 is 41.9 Å². The number of nitrogens with zero attached hydrogens (tertiary/aromatic N) is 4. The van der Waals surface area contributed by atoms with Crippen molar-refractivity contribution in [1.29, 1.82) is 0 Å². The van der Waals surface area contributed by atoms with Gasteiger partial charge in [0.25, 0.3) is 17.7 Å². The largest absolute Gasteiger partial charge is 0.497 e. The molecule has 0 bridgehead atoms. The first-order valence-electron chi connectivity index (χ1n) is 15.2. The molecule has 2 saturated heterocycles. The third-order valence-electron chi connectivity index (χ3n) is 9.37. The summed E-state index contributed by atoms with van der Waals surface area (Å²) >= 11 is 2.75. The maximum Gasteiger partial charge on any atom is 0.406 e. The average molecular weight is 683 g/mol. The molecule has 2 spiro atoms. The van der Waals surface area contributed by atoms with E-state index in [9.17, 15) is 37.1 Å². The van der Waals surface area contributed by atoms with E-state index in [2.05, 4.69) is 0 Å². The molecule has 15 heteroatoms. The minimum absolute atomic E-state index is 0.0319. The van der Waals surface area contributed by atoms with Crippen LogP contribution >= 0.6 is 23.5 Å². The van der Waals surface area contributed by atoms with Crippen LogP contribution < -0.4 is 4.74 Å². The molecule has 2 aliphatic carbocycles. The number of imide groups is 3. The van der Waals surface area contributed by atoms with Gasteiger partial charge < -0.3 is 9.64 Å². The number of barbiturate groups is 1. The van der Waals surface area contributed by atoms with Crippen molar-refractivity contribution in [2.45, 2.75) is 76.7 Å². The molecule has 0 N–H and O–H groups in total. The van der Waals surface area contributed by atoms with Crippen LogP contribution in [0.5, 0.6) is 5.75 Å². The third kappa shape index (κ3) is 6.00. The van der Waals surface area contributed by atoms with Gasteiger partial charge in [-0.25, -0.2) is 9.59 Å². The second-order valence-corrected chi connectivity index (χ2v) is 15.0. The number of benzene rings is 1. The van der Waals surface area contributed by atoms with Crippen molar-refractivity contribution >= 4 is 53.3 Å². The fraction of sp³-hybridized carbons (Fsp3) is 0.581. The molecule has 250 valence electrons. The predicted molar refractivity (Wildman–Crippen MR) is 167 cm³/mol. The second kappa shape index (κ2) is 12.8. The van der Waals surface area contributed by atoms with Gasteiger partial charge in [-0.05, 0) is 73.1 Å². The first-order chi connectivity index (χ1) is 21.7. The van der Waals surface area contributed by atoms with Crippen molar-refractivity contribution in [1.82, 2.24) is 19.6 Å². The Bertz CT molecular complexity index is 1440. The van der Waals surface area contributed by atoms with Gasteiger partial charge in [-0.1, -0.05) is 26.0 Å². The normalized spacial score (nSPS) is 27.0. The Balaban J connectivity index is 1.39. The number of rotatable bonds is 9. The molecule has 4 fully saturated rings. The predicted octanol–water partition coefficient (Wildman–Crippen LogP) is 5.62. The summed E-state index contributed by atoms with van der Waals surface area (Å²) in [6.45, 7) is 2.28. The summed E-state index contributed by atoms with van der Waals surface area (Å²) < 4.78 is 45.9. The highest BCUT2D eigenvalue weighted by atomic mass is 32.2.